The number of nitrogens with two attached hydrogens (primary N) is 1. The predicted octanol–water partition coefficient (Wildman–Crippen LogP) is 0.229. The van der Waals surface area contributed by atoms with Crippen LogP contribution >= 0.6 is 0 Å². The molecular formula is C11H16N4O2. The summed E-state index contributed by atoms with van der Waals surface area (Å²) in [5, 5.41) is 13.7. The molecule has 0 radical (unpaired) electrons. The van der Waals surface area contributed by atoms with Gasteiger partial charge in [-0.15, -0.1) is 0 Å². The largest absolute Gasteiger partial charge is 0.409 e. The number of hydrogen-bond donors (Lipinski definition) is 3. The molecule has 0 spiro atoms. The number of carbonyl (C=O) groups excluding carboxylic acids is 1. The number of hydrogen-bond acceptors (Lipinski definition) is 4. The fourth-order valence-electron chi connectivity index (χ4n) is 1.23. The molecule has 4 N–H and O–H groups in total. The van der Waals surface area contributed by atoms with E-state index in [4.69, 9.17) is 10.9 Å². The van der Waals surface area contributed by atoms with Gasteiger partial charge in [-0.25, -0.2) is 0 Å². The van der Waals surface area contributed by atoms with E-state index in [0.29, 0.717) is 5.56 Å². The second-order valence-electron chi connectivity index (χ2n) is 3.72. The van der Waals surface area contributed by atoms with Gasteiger partial charge in [0.15, 0.2) is 5.84 Å². The number of amidine groups is 1. The van der Waals surface area contributed by atoms with Crippen molar-refractivity contribution in [1.29, 1.82) is 0 Å². The van der Waals surface area contributed by atoms with Gasteiger partial charge in [0.05, 0.1) is 6.54 Å². The molecule has 0 aliphatic heterocycles. The molecule has 1 rings (SSSR count). The molecule has 0 atom stereocenters. The van der Waals surface area contributed by atoms with Crippen molar-refractivity contribution in [3.8, 4) is 0 Å². The second kappa shape index (κ2) is 5.74. The van der Waals surface area contributed by atoms with Crippen LogP contribution in [-0.2, 0) is 0 Å². The fraction of sp³-hybridized carbons (Fsp3) is 0.273. The normalized spacial score (nSPS) is 11.1. The maximum Gasteiger partial charge on any atom is 0.251 e. The van der Waals surface area contributed by atoms with E-state index in [1.165, 1.54) is 0 Å². The quantitative estimate of drug-likeness (QED) is 0.302. The van der Waals surface area contributed by atoms with E-state index in [0.717, 1.165) is 5.69 Å². The summed E-state index contributed by atoms with van der Waals surface area (Å²) >= 11 is 0. The smallest absolute Gasteiger partial charge is 0.251 e. The Balaban J connectivity index is 2.72. The SMILES string of the molecule is CN(C)c1cccc(C(=O)NC/C(N)=N/O)c1. The predicted molar refractivity (Wildman–Crippen MR) is 66.5 cm³/mol. The van der Waals surface area contributed by atoms with Gasteiger partial charge in [0.2, 0.25) is 0 Å². The Morgan fingerprint density at radius 2 is 2.24 bits per heavy atom. The standard InChI is InChI=1S/C11H16N4O2/c1-15(2)9-5-3-4-8(6-9)11(16)13-7-10(12)14-17/h3-6,17H,7H2,1-2H3,(H2,12,14)(H,13,16). The van der Waals surface area contributed by atoms with E-state index >= 15 is 0 Å². The molecule has 0 saturated carbocycles. The monoisotopic (exact) mass is 236 g/mol. The third-order valence-corrected chi connectivity index (χ3v) is 2.18. The summed E-state index contributed by atoms with van der Waals surface area (Å²) in [6, 6.07) is 7.17. The van der Waals surface area contributed by atoms with Crippen molar-refractivity contribution in [2.24, 2.45) is 10.9 Å². The number of nitrogens with one attached hydrogen (secondary N) is 1. The van der Waals surface area contributed by atoms with Gasteiger partial charge in [0.25, 0.3) is 5.91 Å². The first kappa shape index (κ1) is 12.8. The van der Waals surface area contributed by atoms with Crippen LogP contribution < -0.4 is 16.0 Å². The molecule has 6 heteroatoms. The highest BCUT2D eigenvalue weighted by molar-refractivity contribution is 5.97. The summed E-state index contributed by atoms with van der Waals surface area (Å²) in [5.41, 5.74) is 6.72. The third-order valence-electron chi connectivity index (χ3n) is 2.18. The van der Waals surface area contributed by atoms with Crippen LogP contribution in [0.5, 0.6) is 0 Å². The van der Waals surface area contributed by atoms with Crippen molar-refractivity contribution >= 4 is 17.4 Å². The van der Waals surface area contributed by atoms with Crippen molar-refractivity contribution in [2.45, 2.75) is 0 Å². The average molecular weight is 236 g/mol. The molecule has 0 aliphatic carbocycles. The molecule has 6 nitrogen and oxygen atoms in total. The van der Waals surface area contributed by atoms with Crippen LogP contribution in [0.2, 0.25) is 0 Å². The van der Waals surface area contributed by atoms with Crippen molar-refractivity contribution in [2.75, 3.05) is 25.5 Å². The van der Waals surface area contributed by atoms with Gasteiger partial charge in [0.1, 0.15) is 0 Å². The topological polar surface area (TPSA) is 91.0 Å². The van der Waals surface area contributed by atoms with Crippen LogP contribution in [0.25, 0.3) is 0 Å². The summed E-state index contributed by atoms with van der Waals surface area (Å²) in [5.74, 6) is -0.303. The lowest BCUT2D eigenvalue weighted by atomic mass is 10.2. The van der Waals surface area contributed by atoms with Crippen molar-refractivity contribution < 1.29 is 10.0 Å². The molecule has 1 aromatic rings. The minimum atomic E-state index is -0.264. The maximum atomic E-state index is 11.7. The highest BCUT2D eigenvalue weighted by Crippen LogP contribution is 2.12. The summed E-state index contributed by atoms with van der Waals surface area (Å²) in [4.78, 5) is 13.6. The van der Waals surface area contributed by atoms with Gasteiger partial charge in [-0.3, -0.25) is 4.79 Å². The summed E-state index contributed by atoms with van der Waals surface area (Å²) in [6.07, 6.45) is 0. The Bertz CT molecular complexity index is 429. The average Bonchev–Trinajstić information content (AvgIpc) is 2.35. The first-order chi connectivity index (χ1) is 8.04. The molecular weight excluding hydrogens is 220 g/mol. The van der Waals surface area contributed by atoms with Gasteiger partial charge in [-0.1, -0.05) is 11.2 Å². The molecule has 0 fully saturated rings. The zero-order valence-electron chi connectivity index (χ0n) is 9.84. The molecule has 1 aromatic carbocycles. The molecule has 1 amide bonds. The highest BCUT2D eigenvalue weighted by atomic mass is 16.4. The minimum absolute atomic E-state index is 0.0154. The van der Waals surface area contributed by atoms with E-state index < -0.39 is 0 Å². The molecule has 0 heterocycles. The van der Waals surface area contributed by atoms with Crippen LogP contribution in [0, 0.1) is 0 Å². The van der Waals surface area contributed by atoms with E-state index in [1.807, 2.05) is 25.1 Å². The number of benzene rings is 1. The number of oxime groups is 1. The van der Waals surface area contributed by atoms with E-state index in [1.54, 1.807) is 18.2 Å². The highest BCUT2D eigenvalue weighted by Gasteiger charge is 2.07. The van der Waals surface area contributed by atoms with E-state index in [9.17, 15) is 4.79 Å². The van der Waals surface area contributed by atoms with Crippen LogP contribution in [0.1, 0.15) is 10.4 Å². The summed E-state index contributed by atoms with van der Waals surface area (Å²) in [6.45, 7) is 0.0154. The van der Waals surface area contributed by atoms with Crippen molar-refractivity contribution in [1.82, 2.24) is 5.32 Å². The van der Waals surface area contributed by atoms with Crippen LogP contribution in [-0.4, -0.2) is 37.6 Å². The molecule has 0 unspecified atom stereocenters. The number of rotatable bonds is 4. The number of carbonyl (C=O) groups is 1. The number of anilines is 1. The molecule has 17 heavy (non-hydrogen) atoms. The van der Waals surface area contributed by atoms with Gasteiger partial charge in [0, 0.05) is 25.3 Å². The van der Waals surface area contributed by atoms with Gasteiger partial charge in [-0.05, 0) is 18.2 Å². The minimum Gasteiger partial charge on any atom is -0.409 e. The van der Waals surface area contributed by atoms with Crippen LogP contribution in [0.15, 0.2) is 29.4 Å². The third kappa shape index (κ3) is 3.67. The number of nitrogens with zero attached hydrogens (tertiary/aromatic N) is 2. The zero-order valence-corrected chi connectivity index (χ0v) is 9.84. The summed E-state index contributed by atoms with van der Waals surface area (Å²) in [7, 11) is 3.79. The van der Waals surface area contributed by atoms with Gasteiger partial charge < -0.3 is 21.2 Å². The Hall–Kier alpha value is -2.24. The molecule has 0 bridgehead atoms. The zero-order chi connectivity index (χ0) is 12.8. The van der Waals surface area contributed by atoms with Crippen LogP contribution in [0.4, 0.5) is 5.69 Å². The maximum absolute atomic E-state index is 11.7. The summed E-state index contributed by atoms with van der Waals surface area (Å²) < 4.78 is 0. The van der Waals surface area contributed by atoms with Crippen molar-refractivity contribution in [3.05, 3.63) is 29.8 Å². The first-order valence-electron chi connectivity index (χ1n) is 5.06. The van der Waals surface area contributed by atoms with E-state index in [2.05, 4.69) is 10.5 Å². The first-order valence-corrected chi connectivity index (χ1v) is 5.06. The Morgan fingerprint density at radius 3 is 2.82 bits per heavy atom. The fourth-order valence-corrected chi connectivity index (χ4v) is 1.23. The Labute approximate surface area is 99.7 Å². The Kier molecular flexibility index (Phi) is 4.33. The lowest BCUT2D eigenvalue weighted by Crippen LogP contribution is -2.33. The molecule has 92 valence electrons. The molecule has 0 aliphatic rings. The van der Waals surface area contributed by atoms with Gasteiger partial charge >= 0.3 is 0 Å². The second-order valence-corrected chi connectivity index (χ2v) is 3.72. The number of amides is 1. The Morgan fingerprint density at radius 1 is 1.53 bits per heavy atom. The van der Waals surface area contributed by atoms with Crippen molar-refractivity contribution in [3.63, 3.8) is 0 Å². The lowest BCUT2D eigenvalue weighted by Gasteiger charge is -2.13. The lowest BCUT2D eigenvalue weighted by molar-refractivity contribution is 0.0959. The molecule has 0 aromatic heterocycles. The molecule has 0 saturated heterocycles. The van der Waals surface area contributed by atoms with E-state index in [-0.39, 0.29) is 18.3 Å². The van der Waals surface area contributed by atoms with Gasteiger partial charge in [-0.2, -0.15) is 0 Å². The van der Waals surface area contributed by atoms with Crippen LogP contribution in [0.3, 0.4) is 0 Å².